The number of carbonyl (C=O) groups is 1. The number of methoxy groups -OCH3 is 3. The van der Waals surface area contributed by atoms with E-state index in [1.54, 1.807) is 56.4 Å². The zero-order valence-corrected chi connectivity index (χ0v) is 19.3. The second-order valence-corrected chi connectivity index (χ2v) is 7.74. The molecule has 0 aliphatic heterocycles. The highest BCUT2D eigenvalue weighted by Crippen LogP contribution is 2.27. The summed E-state index contributed by atoms with van der Waals surface area (Å²) in [6, 6.07) is 20.1. The molecule has 0 aliphatic carbocycles. The van der Waals surface area contributed by atoms with E-state index in [9.17, 15) is 9.59 Å². The van der Waals surface area contributed by atoms with Crippen LogP contribution in [0, 0.1) is 0 Å². The molecule has 0 radical (unpaired) electrons. The molecule has 34 heavy (non-hydrogen) atoms. The zero-order chi connectivity index (χ0) is 24.1. The summed E-state index contributed by atoms with van der Waals surface area (Å²) in [5.41, 5.74) is 2.07. The number of hydrogen-bond acceptors (Lipinski definition) is 5. The van der Waals surface area contributed by atoms with Gasteiger partial charge in [0.25, 0.3) is 11.5 Å². The summed E-state index contributed by atoms with van der Waals surface area (Å²) in [4.78, 5) is 26.3. The SMILES string of the molecule is COc1ccc(Cn2cc(C(=O)NCc3ccc(OC)c(OC)c3)c3ccccc3c2=O)cc1. The normalized spacial score (nSPS) is 10.7. The van der Waals surface area contributed by atoms with Gasteiger partial charge in [-0.2, -0.15) is 0 Å². The molecule has 0 aliphatic rings. The smallest absolute Gasteiger partial charge is 0.258 e. The first-order chi connectivity index (χ1) is 16.5. The number of carbonyl (C=O) groups excluding carboxylic acids is 1. The number of pyridine rings is 1. The quantitative estimate of drug-likeness (QED) is 0.432. The third kappa shape index (κ3) is 4.73. The van der Waals surface area contributed by atoms with E-state index in [-0.39, 0.29) is 11.5 Å². The minimum absolute atomic E-state index is 0.150. The second kappa shape index (κ2) is 10.1. The molecule has 0 fully saturated rings. The Hall–Kier alpha value is -4.26. The predicted octanol–water partition coefficient (Wildman–Crippen LogP) is 4.01. The van der Waals surface area contributed by atoms with Crippen molar-refractivity contribution in [2.75, 3.05) is 21.3 Å². The van der Waals surface area contributed by atoms with Crippen LogP contribution < -0.4 is 25.1 Å². The van der Waals surface area contributed by atoms with E-state index in [0.29, 0.717) is 40.9 Å². The van der Waals surface area contributed by atoms with Crippen LogP contribution in [0.25, 0.3) is 10.8 Å². The molecule has 7 nitrogen and oxygen atoms in total. The largest absolute Gasteiger partial charge is 0.497 e. The van der Waals surface area contributed by atoms with E-state index in [0.717, 1.165) is 16.9 Å². The highest BCUT2D eigenvalue weighted by atomic mass is 16.5. The summed E-state index contributed by atoms with van der Waals surface area (Å²) in [6.45, 7) is 0.634. The van der Waals surface area contributed by atoms with Crippen LogP contribution in [-0.4, -0.2) is 31.8 Å². The number of nitrogens with one attached hydrogen (secondary N) is 1. The monoisotopic (exact) mass is 458 g/mol. The number of fused-ring (bicyclic) bond motifs is 1. The minimum atomic E-state index is -0.269. The van der Waals surface area contributed by atoms with Crippen molar-refractivity contribution in [1.29, 1.82) is 0 Å². The van der Waals surface area contributed by atoms with E-state index >= 15 is 0 Å². The molecule has 0 saturated heterocycles. The van der Waals surface area contributed by atoms with Crippen molar-refractivity contribution in [3.63, 3.8) is 0 Å². The summed E-state index contributed by atoms with van der Waals surface area (Å²) in [7, 11) is 4.75. The fourth-order valence-electron chi connectivity index (χ4n) is 3.84. The van der Waals surface area contributed by atoms with E-state index in [2.05, 4.69) is 5.32 Å². The van der Waals surface area contributed by atoms with Crippen LogP contribution in [-0.2, 0) is 13.1 Å². The average molecular weight is 459 g/mol. The summed E-state index contributed by atoms with van der Waals surface area (Å²) >= 11 is 0. The van der Waals surface area contributed by atoms with E-state index < -0.39 is 0 Å². The van der Waals surface area contributed by atoms with Crippen LogP contribution in [0.2, 0.25) is 0 Å². The number of aromatic nitrogens is 1. The van der Waals surface area contributed by atoms with Gasteiger partial charge in [-0.05, 0) is 41.5 Å². The van der Waals surface area contributed by atoms with Crippen LogP contribution >= 0.6 is 0 Å². The molecule has 1 N–H and O–H groups in total. The number of nitrogens with zero attached hydrogens (tertiary/aromatic N) is 1. The average Bonchev–Trinajstić information content (AvgIpc) is 2.89. The molecule has 0 bridgehead atoms. The van der Waals surface area contributed by atoms with Gasteiger partial charge in [-0.25, -0.2) is 0 Å². The molecule has 0 spiro atoms. The molecular weight excluding hydrogens is 432 g/mol. The molecule has 1 amide bonds. The summed E-state index contributed by atoms with van der Waals surface area (Å²) in [5.74, 6) is 1.68. The number of hydrogen-bond donors (Lipinski definition) is 1. The molecule has 0 saturated carbocycles. The van der Waals surface area contributed by atoms with Crippen molar-refractivity contribution in [3.05, 3.63) is 100.0 Å². The fraction of sp³-hybridized carbons (Fsp3) is 0.185. The summed E-state index contributed by atoms with van der Waals surface area (Å²) < 4.78 is 17.4. The molecule has 4 rings (SSSR count). The first-order valence-corrected chi connectivity index (χ1v) is 10.8. The van der Waals surface area contributed by atoms with Crippen molar-refractivity contribution in [1.82, 2.24) is 9.88 Å². The first kappa shape index (κ1) is 22.9. The maximum Gasteiger partial charge on any atom is 0.258 e. The van der Waals surface area contributed by atoms with Crippen molar-refractivity contribution < 1.29 is 19.0 Å². The number of rotatable bonds is 8. The van der Waals surface area contributed by atoms with Crippen molar-refractivity contribution in [2.24, 2.45) is 0 Å². The van der Waals surface area contributed by atoms with Gasteiger partial charge in [-0.3, -0.25) is 9.59 Å². The second-order valence-electron chi connectivity index (χ2n) is 7.74. The molecule has 1 heterocycles. The molecule has 4 aromatic rings. The molecule has 3 aromatic carbocycles. The van der Waals surface area contributed by atoms with E-state index in [1.165, 1.54) is 0 Å². The Balaban J connectivity index is 1.63. The number of benzene rings is 3. The Labute approximate surface area is 197 Å². The van der Waals surface area contributed by atoms with Crippen LogP contribution in [0.4, 0.5) is 0 Å². The van der Waals surface area contributed by atoms with Crippen LogP contribution in [0.1, 0.15) is 21.5 Å². The Morgan fingerprint density at radius 1 is 0.824 bits per heavy atom. The molecule has 0 unspecified atom stereocenters. The third-order valence-electron chi connectivity index (χ3n) is 5.65. The van der Waals surface area contributed by atoms with Gasteiger partial charge in [0.15, 0.2) is 11.5 Å². The van der Waals surface area contributed by atoms with Crippen LogP contribution in [0.15, 0.2) is 77.7 Å². The predicted molar refractivity (Wildman–Crippen MR) is 131 cm³/mol. The lowest BCUT2D eigenvalue weighted by Crippen LogP contribution is -2.27. The van der Waals surface area contributed by atoms with Gasteiger partial charge in [-0.1, -0.05) is 36.4 Å². The Morgan fingerprint density at radius 3 is 2.18 bits per heavy atom. The van der Waals surface area contributed by atoms with Gasteiger partial charge in [0.1, 0.15) is 5.75 Å². The minimum Gasteiger partial charge on any atom is -0.497 e. The molecule has 174 valence electrons. The highest BCUT2D eigenvalue weighted by molar-refractivity contribution is 6.06. The van der Waals surface area contributed by atoms with Gasteiger partial charge < -0.3 is 24.1 Å². The van der Waals surface area contributed by atoms with Crippen molar-refractivity contribution in [3.8, 4) is 17.2 Å². The number of amides is 1. The maximum absolute atomic E-state index is 13.2. The van der Waals surface area contributed by atoms with Gasteiger partial charge in [0.05, 0.1) is 33.4 Å². The Kier molecular flexibility index (Phi) is 6.82. The topological polar surface area (TPSA) is 78.8 Å². The van der Waals surface area contributed by atoms with Crippen molar-refractivity contribution >= 4 is 16.7 Å². The molecule has 7 heteroatoms. The molecule has 1 aromatic heterocycles. The lowest BCUT2D eigenvalue weighted by Gasteiger charge is -2.14. The summed E-state index contributed by atoms with van der Waals surface area (Å²) in [6.07, 6.45) is 1.62. The zero-order valence-electron chi connectivity index (χ0n) is 19.3. The standard InChI is InChI=1S/C27H26N2O5/c1-32-20-11-8-18(9-12-20)16-29-17-23(21-6-4-5-7-22(21)27(29)31)26(30)28-15-19-10-13-24(33-2)25(14-19)34-3/h4-14,17H,15-16H2,1-3H3,(H,28,30). The molecular formula is C27H26N2O5. The fourth-order valence-corrected chi connectivity index (χ4v) is 3.84. The highest BCUT2D eigenvalue weighted by Gasteiger charge is 2.15. The van der Waals surface area contributed by atoms with Crippen LogP contribution in [0.3, 0.4) is 0 Å². The van der Waals surface area contributed by atoms with Gasteiger partial charge in [-0.15, -0.1) is 0 Å². The molecule has 0 atom stereocenters. The van der Waals surface area contributed by atoms with Crippen LogP contribution in [0.5, 0.6) is 17.2 Å². The van der Waals surface area contributed by atoms with Gasteiger partial charge in [0.2, 0.25) is 0 Å². The first-order valence-electron chi connectivity index (χ1n) is 10.8. The van der Waals surface area contributed by atoms with E-state index in [4.69, 9.17) is 14.2 Å². The van der Waals surface area contributed by atoms with Gasteiger partial charge in [0, 0.05) is 23.5 Å². The summed E-state index contributed by atoms with van der Waals surface area (Å²) in [5, 5.41) is 4.06. The van der Waals surface area contributed by atoms with E-state index in [1.807, 2.05) is 42.5 Å². The third-order valence-corrected chi connectivity index (χ3v) is 5.65. The maximum atomic E-state index is 13.2. The number of ether oxygens (including phenoxy) is 3. The van der Waals surface area contributed by atoms with Crippen molar-refractivity contribution in [2.45, 2.75) is 13.1 Å². The van der Waals surface area contributed by atoms with Gasteiger partial charge >= 0.3 is 0 Å². The Morgan fingerprint density at radius 2 is 1.50 bits per heavy atom. The lowest BCUT2D eigenvalue weighted by atomic mass is 10.1. The Bertz CT molecular complexity index is 1380. The lowest BCUT2D eigenvalue weighted by molar-refractivity contribution is 0.0951.